The molecule has 0 aromatic rings. The fourth-order valence-electron chi connectivity index (χ4n) is 2.32. The number of carbonyl (C=O) groups is 1. The van der Waals surface area contributed by atoms with Crippen LogP contribution in [0.15, 0.2) is 0 Å². The number of fused-ring (bicyclic) bond motifs is 2. The molecule has 2 rings (SSSR count). The molecule has 2 aliphatic heterocycles. The number of nitrogens with one attached hydrogen (secondary N) is 1. The summed E-state index contributed by atoms with van der Waals surface area (Å²) in [4.78, 5) is 11.1. The number of methoxy groups -OCH3 is 2. The highest BCUT2D eigenvalue weighted by atomic mass is 16.7. The molecule has 0 aromatic carbocycles. The molecule has 2 saturated heterocycles. The molecule has 6 nitrogen and oxygen atoms in total. The van der Waals surface area contributed by atoms with Gasteiger partial charge in [0.05, 0.1) is 6.61 Å². The molecular formula is C10H17NO5. The minimum atomic E-state index is -0.440. The Morgan fingerprint density at radius 3 is 2.56 bits per heavy atom. The Bertz CT molecular complexity index is 272. The predicted molar refractivity (Wildman–Crippen MR) is 53.8 cm³/mol. The standard InChI is InChI=1S/C10H17NO5/c1-5(12)11-7-9(14-3)8(13-2)6-4-15-10(7)16-6/h6-10H,4H2,1-3H3,(H,11,12)/t6-,7+,8-,9-,10+/m1/s1. The van der Waals surface area contributed by atoms with Gasteiger partial charge in [0.15, 0.2) is 6.29 Å². The van der Waals surface area contributed by atoms with E-state index in [-0.39, 0.29) is 30.3 Å². The maximum Gasteiger partial charge on any atom is 0.217 e. The summed E-state index contributed by atoms with van der Waals surface area (Å²) in [5.41, 5.74) is 0. The molecule has 16 heavy (non-hydrogen) atoms. The Morgan fingerprint density at radius 2 is 2.00 bits per heavy atom. The molecule has 0 radical (unpaired) electrons. The van der Waals surface area contributed by atoms with Gasteiger partial charge in [0, 0.05) is 21.1 Å². The minimum Gasteiger partial charge on any atom is -0.376 e. The van der Waals surface area contributed by atoms with Gasteiger partial charge in [-0.05, 0) is 0 Å². The van der Waals surface area contributed by atoms with Crippen LogP contribution in [-0.4, -0.2) is 57.4 Å². The van der Waals surface area contributed by atoms with Gasteiger partial charge in [0.1, 0.15) is 24.4 Å². The summed E-state index contributed by atoms with van der Waals surface area (Å²) in [5, 5.41) is 2.78. The number of hydrogen-bond acceptors (Lipinski definition) is 5. The highest BCUT2D eigenvalue weighted by Gasteiger charge is 2.51. The van der Waals surface area contributed by atoms with E-state index in [0.29, 0.717) is 6.61 Å². The van der Waals surface area contributed by atoms with Crippen LogP contribution in [0, 0.1) is 0 Å². The van der Waals surface area contributed by atoms with Crippen LogP contribution in [0.3, 0.4) is 0 Å². The normalized spacial score (nSPS) is 42.1. The maximum atomic E-state index is 11.1. The van der Waals surface area contributed by atoms with Crippen molar-refractivity contribution in [3.8, 4) is 0 Å². The zero-order chi connectivity index (χ0) is 11.7. The first-order chi connectivity index (χ1) is 7.67. The molecule has 1 amide bonds. The molecule has 2 aliphatic rings. The Morgan fingerprint density at radius 1 is 1.31 bits per heavy atom. The lowest BCUT2D eigenvalue weighted by molar-refractivity contribution is -0.200. The van der Waals surface area contributed by atoms with Crippen molar-refractivity contribution in [3.63, 3.8) is 0 Å². The van der Waals surface area contributed by atoms with Crippen molar-refractivity contribution >= 4 is 5.91 Å². The molecule has 2 heterocycles. The topological polar surface area (TPSA) is 66.0 Å². The molecular weight excluding hydrogens is 214 g/mol. The van der Waals surface area contributed by atoms with Crippen LogP contribution in [0.25, 0.3) is 0 Å². The molecule has 0 saturated carbocycles. The molecule has 5 atom stereocenters. The molecule has 0 aromatic heterocycles. The van der Waals surface area contributed by atoms with Crippen molar-refractivity contribution in [2.45, 2.75) is 37.6 Å². The zero-order valence-corrected chi connectivity index (χ0v) is 9.64. The third-order valence-electron chi connectivity index (χ3n) is 2.99. The largest absolute Gasteiger partial charge is 0.376 e. The zero-order valence-electron chi connectivity index (χ0n) is 9.64. The average molecular weight is 231 g/mol. The van der Waals surface area contributed by atoms with Crippen LogP contribution in [0.2, 0.25) is 0 Å². The summed E-state index contributed by atoms with van der Waals surface area (Å²) < 4.78 is 21.8. The van der Waals surface area contributed by atoms with Crippen LogP contribution in [0.1, 0.15) is 6.92 Å². The second-order valence-corrected chi connectivity index (χ2v) is 4.00. The Labute approximate surface area is 94.2 Å². The lowest BCUT2D eigenvalue weighted by Crippen LogP contribution is -2.61. The summed E-state index contributed by atoms with van der Waals surface area (Å²) in [6, 6.07) is -0.328. The first-order valence-corrected chi connectivity index (χ1v) is 5.27. The SMILES string of the molecule is CO[C@@H]1[C@H](NC(C)=O)[C@H]2OC[C@@H](O2)[C@H]1OC. The number of hydrogen-bond donors (Lipinski definition) is 1. The molecule has 0 spiro atoms. The van der Waals surface area contributed by atoms with Crippen LogP contribution in [0.4, 0.5) is 0 Å². The van der Waals surface area contributed by atoms with E-state index in [1.807, 2.05) is 0 Å². The Hall–Kier alpha value is -0.690. The van der Waals surface area contributed by atoms with Gasteiger partial charge in [-0.3, -0.25) is 4.79 Å². The maximum absolute atomic E-state index is 11.1. The minimum absolute atomic E-state index is 0.120. The predicted octanol–water partition coefficient (Wildman–Crippen LogP) is -0.724. The third kappa shape index (κ3) is 1.93. The summed E-state index contributed by atoms with van der Waals surface area (Å²) in [5.74, 6) is -0.139. The van der Waals surface area contributed by atoms with Crippen LogP contribution in [0.5, 0.6) is 0 Å². The fraction of sp³-hybridized carbons (Fsp3) is 0.900. The molecule has 1 N–H and O–H groups in total. The lowest BCUT2D eigenvalue weighted by Gasteiger charge is -2.39. The van der Waals surface area contributed by atoms with E-state index in [0.717, 1.165) is 0 Å². The Balaban J connectivity index is 2.16. The van der Waals surface area contributed by atoms with Crippen LogP contribution < -0.4 is 5.32 Å². The van der Waals surface area contributed by atoms with Gasteiger partial charge in [-0.25, -0.2) is 0 Å². The summed E-state index contributed by atoms with van der Waals surface area (Å²) in [6.07, 6.45) is -1.03. The summed E-state index contributed by atoms with van der Waals surface area (Å²) in [6.45, 7) is 1.93. The van der Waals surface area contributed by atoms with Crippen molar-refractivity contribution in [1.82, 2.24) is 5.32 Å². The van der Waals surface area contributed by atoms with Gasteiger partial charge < -0.3 is 24.3 Å². The summed E-state index contributed by atoms with van der Waals surface area (Å²) >= 11 is 0. The van der Waals surface area contributed by atoms with Crippen molar-refractivity contribution in [2.24, 2.45) is 0 Å². The smallest absolute Gasteiger partial charge is 0.217 e. The third-order valence-corrected chi connectivity index (χ3v) is 2.99. The fourth-order valence-corrected chi connectivity index (χ4v) is 2.32. The molecule has 0 unspecified atom stereocenters. The molecule has 2 fully saturated rings. The van der Waals surface area contributed by atoms with E-state index in [2.05, 4.69) is 5.32 Å². The van der Waals surface area contributed by atoms with Gasteiger partial charge in [0.25, 0.3) is 0 Å². The first kappa shape index (κ1) is 11.8. The number of ether oxygens (including phenoxy) is 4. The van der Waals surface area contributed by atoms with Gasteiger partial charge in [-0.1, -0.05) is 0 Å². The van der Waals surface area contributed by atoms with E-state index in [4.69, 9.17) is 18.9 Å². The van der Waals surface area contributed by atoms with Crippen molar-refractivity contribution in [2.75, 3.05) is 20.8 Å². The van der Waals surface area contributed by atoms with E-state index in [1.165, 1.54) is 6.92 Å². The number of amides is 1. The van der Waals surface area contributed by atoms with E-state index < -0.39 is 6.29 Å². The molecule has 92 valence electrons. The number of rotatable bonds is 3. The Kier molecular flexibility index (Phi) is 3.44. The van der Waals surface area contributed by atoms with Gasteiger partial charge in [-0.15, -0.1) is 0 Å². The summed E-state index contributed by atoms with van der Waals surface area (Å²) in [7, 11) is 3.19. The molecule has 6 heteroatoms. The number of carbonyl (C=O) groups excluding carboxylic acids is 1. The van der Waals surface area contributed by atoms with E-state index in [9.17, 15) is 4.79 Å². The van der Waals surface area contributed by atoms with Crippen LogP contribution >= 0.6 is 0 Å². The van der Waals surface area contributed by atoms with Crippen molar-refractivity contribution in [1.29, 1.82) is 0 Å². The van der Waals surface area contributed by atoms with Crippen molar-refractivity contribution in [3.05, 3.63) is 0 Å². The van der Waals surface area contributed by atoms with E-state index in [1.54, 1.807) is 14.2 Å². The lowest BCUT2D eigenvalue weighted by atomic mass is 9.98. The van der Waals surface area contributed by atoms with Gasteiger partial charge >= 0.3 is 0 Å². The van der Waals surface area contributed by atoms with Gasteiger partial charge in [-0.2, -0.15) is 0 Å². The molecule has 2 bridgehead atoms. The second kappa shape index (κ2) is 4.67. The van der Waals surface area contributed by atoms with Gasteiger partial charge in [0.2, 0.25) is 5.91 Å². The van der Waals surface area contributed by atoms with Crippen LogP contribution in [-0.2, 0) is 23.7 Å². The quantitative estimate of drug-likeness (QED) is 0.694. The van der Waals surface area contributed by atoms with Crippen molar-refractivity contribution < 1.29 is 23.7 Å². The van der Waals surface area contributed by atoms with E-state index >= 15 is 0 Å². The second-order valence-electron chi connectivity index (χ2n) is 4.00. The highest BCUT2D eigenvalue weighted by molar-refractivity contribution is 5.73. The highest BCUT2D eigenvalue weighted by Crippen LogP contribution is 2.31. The average Bonchev–Trinajstić information content (AvgIpc) is 2.67. The monoisotopic (exact) mass is 231 g/mol. The first-order valence-electron chi connectivity index (χ1n) is 5.27. The molecule has 0 aliphatic carbocycles.